The summed E-state index contributed by atoms with van der Waals surface area (Å²) in [6, 6.07) is 19.4. The molecule has 4 rings (SSSR count). The van der Waals surface area contributed by atoms with Crippen LogP contribution in [0.3, 0.4) is 0 Å². The van der Waals surface area contributed by atoms with Gasteiger partial charge in [-0.2, -0.15) is 4.31 Å². The zero-order chi connectivity index (χ0) is 26.6. The first-order valence-corrected chi connectivity index (χ1v) is 14.0. The second kappa shape index (κ2) is 11.7. The number of amides is 1. The van der Waals surface area contributed by atoms with Crippen LogP contribution in [-0.4, -0.2) is 63.4 Å². The first-order chi connectivity index (χ1) is 17.7. The van der Waals surface area contributed by atoms with Crippen LogP contribution in [0, 0.1) is 6.92 Å². The molecule has 3 aromatic carbocycles. The van der Waals surface area contributed by atoms with Crippen molar-refractivity contribution in [2.75, 3.05) is 44.7 Å². The number of carbonyl (C=O) groups is 1. The lowest BCUT2D eigenvalue weighted by atomic mass is 10.1. The number of aryl methyl sites for hydroxylation is 1. The number of sulfonamides is 1. The molecule has 7 nitrogen and oxygen atoms in total. The van der Waals surface area contributed by atoms with E-state index in [9.17, 15) is 13.2 Å². The van der Waals surface area contributed by atoms with E-state index in [1.807, 2.05) is 55.5 Å². The van der Waals surface area contributed by atoms with Crippen molar-refractivity contribution in [1.82, 2.24) is 9.21 Å². The molecule has 10 heteroatoms. The number of methoxy groups -OCH3 is 1. The molecular formula is C27H29Cl2N3O4S. The highest BCUT2D eigenvalue weighted by Gasteiger charge is 2.32. The number of rotatable bonds is 8. The van der Waals surface area contributed by atoms with Gasteiger partial charge < -0.3 is 14.5 Å². The van der Waals surface area contributed by atoms with Gasteiger partial charge in [0.1, 0.15) is 10.6 Å². The monoisotopic (exact) mass is 561 g/mol. The maximum atomic E-state index is 13.8. The Labute approximate surface area is 228 Å². The highest BCUT2D eigenvalue weighted by Crippen LogP contribution is 2.31. The zero-order valence-electron chi connectivity index (χ0n) is 20.7. The van der Waals surface area contributed by atoms with Gasteiger partial charge in [0.2, 0.25) is 15.9 Å². The number of nitrogens with zero attached hydrogens (tertiary/aromatic N) is 3. The molecule has 1 saturated heterocycles. The Morgan fingerprint density at radius 3 is 2.27 bits per heavy atom. The average molecular weight is 563 g/mol. The summed E-state index contributed by atoms with van der Waals surface area (Å²) in [5.74, 6) is -0.0941. The van der Waals surface area contributed by atoms with E-state index in [4.69, 9.17) is 27.9 Å². The van der Waals surface area contributed by atoms with Gasteiger partial charge in [0, 0.05) is 48.5 Å². The minimum absolute atomic E-state index is 0.0340. The van der Waals surface area contributed by atoms with E-state index in [-0.39, 0.29) is 34.7 Å². The third-order valence-electron chi connectivity index (χ3n) is 6.40. The van der Waals surface area contributed by atoms with Crippen molar-refractivity contribution in [3.63, 3.8) is 0 Å². The van der Waals surface area contributed by atoms with E-state index in [0.29, 0.717) is 31.2 Å². The average Bonchev–Trinajstić information content (AvgIpc) is 2.90. The molecule has 0 unspecified atom stereocenters. The molecule has 0 radical (unpaired) electrons. The molecule has 1 amide bonds. The van der Waals surface area contributed by atoms with Crippen molar-refractivity contribution in [1.29, 1.82) is 0 Å². The Hall–Kier alpha value is -2.78. The fourth-order valence-corrected chi connectivity index (χ4v) is 6.34. The molecular weight excluding hydrogens is 533 g/mol. The molecule has 1 aliphatic heterocycles. The van der Waals surface area contributed by atoms with Crippen LogP contribution >= 0.6 is 23.2 Å². The normalized spacial score (nSPS) is 14.2. The van der Waals surface area contributed by atoms with Crippen LogP contribution in [0.2, 0.25) is 10.0 Å². The Morgan fingerprint density at radius 1 is 0.946 bits per heavy atom. The van der Waals surface area contributed by atoms with Crippen LogP contribution in [0.4, 0.5) is 5.69 Å². The van der Waals surface area contributed by atoms with Crippen molar-refractivity contribution < 1.29 is 17.9 Å². The Balaban J connectivity index is 1.54. The van der Waals surface area contributed by atoms with E-state index in [1.165, 1.54) is 23.5 Å². The summed E-state index contributed by atoms with van der Waals surface area (Å²) < 4.78 is 34.1. The fourth-order valence-electron chi connectivity index (χ4n) is 4.37. The summed E-state index contributed by atoms with van der Waals surface area (Å²) >= 11 is 12.3. The van der Waals surface area contributed by atoms with Gasteiger partial charge in [-0.1, -0.05) is 59.6 Å². The van der Waals surface area contributed by atoms with E-state index >= 15 is 0 Å². The maximum absolute atomic E-state index is 13.8. The lowest BCUT2D eigenvalue weighted by molar-refractivity contribution is -0.131. The van der Waals surface area contributed by atoms with Crippen molar-refractivity contribution in [2.45, 2.75) is 18.4 Å². The number of ether oxygens (including phenoxy) is 1. The van der Waals surface area contributed by atoms with E-state index < -0.39 is 10.0 Å². The summed E-state index contributed by atoms with van der Waals surface area (Å²) in [6.07, 6.45) is 0. The molecule has 0 spiro atoms. The topological polar surface area (TPSA) is 70.2 Å². The predicted molar refractivity (Wildman–Crippen MR) is 147 cm³/mol. The van der Waals surface area contributed by atoms with Gasteiger partial charge in [-0.05, 0) is 48.4 Å². The lowest BCUT2D eigenvalue weighted by Crippen LogP contribution is -2.52. The zero-order valence-corrected chi connectivity index (χ0v) is 23.1. The fraction of sp³-hybridized carbons (Fsp3) is 0.296. The van der Waals surface area contributed by atoms with Crippen LogP contribution in [0.5, 0.6) is 5.75 Å². The standard InChI is InChI=1S/C27H29Cl2N3O4S/c1-20-8-9-22(28)16-24(20)30-12-14-31(15-13-30)27(33)19-32(18-21-6-4-3-5-7-21)37(34,35)26-17-23(29)10-11-25(26)36-2/h3-11,16-17H,12-15,18-19H2,1-2H3. The van der Waals surface area contributed by atoms with Gasteiger partial charge >= 0.3 is 0 Å². The third kappa shape index (κ3) is 6.38. The van der Waals surface area contributed by atoms with Crippen LogP contribution in [0.15, 0.2) is 71.6 Å². The van der Waals surface area contributed by atoms with Gasteiger partial charge in [-0.25, -0.2) is 8.42 Å². The summed E-state index contributed by atoms with van der Waals surface area (Å²) in [7, 11) is -2.71. The van der Waals surface area contributed by atoms with Crippen molar-refractivity contribution >= 4 is 44.8 Å². The number of carbonyl (C=O) groups excluding carboxylic acids is 1. The molecule has 3 aromatic rings. The minimum atomic E-state index is -4.11. The van der Waals surface area contributed by atoms with Gasteiger partial charge in [-0.15, -0.1) is 0 Å². The first-order valence-electron chi connectivity index (χ1n) is 11.9. The van der Waals surface area contributed by atoms with Crippen LogP contribution in [-0.2, 0) is 21.4 Å². The predicted octanol–water partition coefficient (Wildman–Crippen LogP) is 4.85. The van der Waals surface area contributed by atoms with Crippen molar-refractivity contribution in [3.05, 3.63) is 87.9 Å². The maximum Gasteiger partial charge on any atom is 0.247 e. The van der Waals surface area contributed by atoms with Gasteiger partial charge in [0.15, 0.2) is 0 Å². The molecule has 1 aliphatic rings. The number of anilines is 1. The Morgan fingerprint density at radius 2 is 1.59 bits per heavy atom. The minimum Gasteiger partial charge on any atom is -0.495 e. The lowest BCUT2D eigenvalue weighted by Gasteiger charge is -2.37. The number of piperazine rings is 1. The molecule has 37 heavy (non-hydrogen) atoms. The van der Waals surface area contributed by atoms with Crippen LogP contribution < -0.4 is 9.64 Å². The second-order valence-corrected chi connectivity index (χ2v) is 11.6. The molecule has 0 bridgehead atoms. The smallest absolute Gasteiger partial charge is 0.247 e. The molecule has 1 heterocycles. The van der Waals surface area contributed by atoms with E-state index in [2.05, 4.69) is 4.90 Å². The van der Waals surface area contributed by atoms with Crippen LogP contribution in [0.25, 0.3) is 0 Å². The van der Waals surface area contributed by atoms with Crippen molar-refractivity contribution in [2.24, 2.45) is 0 Å². The SMILES string of the molecule is COc1ccc(Cl)cc1S(=O)(=O)N(CC(=O)N1CCN(c2cc(Cl)ccc2C)CC1)Cc1ccccc1. The molecule has 196 valence electrons. The second-order valence-electron chi connectivity index (χ2n) is 8.85. The molecule has 1 fully saturated rings. The molecule has 0 saturated carbocycles. The molecule has 0 atom stereocenters. The Kier molecular flexibility index (Phi) is 8.64. The van der Waals surface area contributed by atoms with Gasteiger partial charge in [-0.3, -0.25) is 4.79 Å². The van der Waals surface area contributed by atoms with Gasteiger partial charge in [0.25, 0.3) is 0 Å². The molecule has 0 N–H and O–H groups in total. The number of halogens is 2. The van der Waals surface area contributed by atoms with E-state index in [1.54, 1.807) is 11.0 Å². The number of hydrogen-bond donors (Lipinski definition) is 0. The van der Waals surface area contributed by atoms with Crippen LogP contribution in [0.1, 0.15) is 11.1 Å². The molecule has 0 aliphatic carbocycles. The Bertz CT molecular complexity index is 1360. The van der Waals surface area contributed by atoms with Gasteiger partial charge in [0.05, 0.1) is 13.7 Å². The number of hydrogen-bond acceptors (Lipinski definition) is 5. The third-order valence-corrected chi connectivity index (χ3v) is 8.68. The number of benzene rings is 3. The highest BCUT2D eigenvalue weighted by molar-refractivity contribution is 7.89. The highest BCUT2D eigenvalue weighted by atomic mass is 35.5. The van der Waals surface area contributed by atoms with Crippen molar-refractivity contribution in [3.8, 4) is 5.75 Å². The largest absolute Gasteiger partial charge is 0.495 e. The molecule has 0 aromatic heterocycles. The summed E-state index contributed by atoms with van der Waals surface area (Å²) in [6.45, 7) is 3.96. The summed E-state index contributed by atoms with van der Waals surface area (Å²) in [5, 5.41) is 0.926. The summed E-state index contributed by atoms with van der Waals surface area (Å²) in [5.41, 5.74) is 2.92. The quantitative estimate of drug-likeness (QED) is 0.393. The summed E-state index contributed by atoms with van der Waals surface area (Å²) in [4.78, 5) is 17.2. The van der Waals surface area contributed by atoms with E-state index in [0.717, 1.165) is 16.8 Å². The first kappa shape index (κ1) is 27.3.